The molecular weight excluding hydrogens is 615 g/mol. The van der Waals surface area contributed by atoms with Crippen molar-refractivity contribution in [2.24, 2.45) is 0 Å². The molecule has 2 heterocycles. The molecule has 0 amide bonds. The van der Waals surface area contributed by atoms with E-state index in [1.807, 2.05) is 17.4 Å². The number of fused-ring (bicyclic) bond motifs is 7. The van der Waals surface area contributed by atoms with E-state index in [-0.39, 0.29) is 0 Å². The highest BCUT2D eigenvalue weighted by molar-refractivity contribution is 7.26. The molecule has 0 radical (unpaired) electrons. The van der Waals surface area contributed by atoms with Gasteiger partial charge in [0.2, 0.25) is 0 Å². The predicted octanol–water partition coefficient (Wildman–Crippen LogP) is 13.9. The number of anilines is 3. The number of para-hydroxylation sites is 1. The average Bonchev–Trinajstić information content (AvgIpc) is 3.75. The predicted molar refractivity (Wildman–Crippen MR) is 210 cm³/mol. The Bertz CT molecular complexity index is 2830. The van der Waals surface area contributed by atoms with E-state index in [9.17, 15) is 0 Å². The average molecular weight is 644 g/mol. The smallest absolute Gasteiger partial charge is 0.137 e. The van der Waals surface area contributed by atoms with Gasteiger partial charge in [0.15, 0.2) is 0 Å². The quantitative estimate of drug-likeness (QED) is 0.186. The van der Waals surface area contributed by atoms with Gasteiger partial charge in [0.1, 0.15) is 11.2 Å². The minimum absolute atomic E-state index is 0.880. The van der Waals surface area contributed by atoms with Crippen molar-refractivity contribution in [3.8, 4) is 22.3 Å². The Labute approximate surface area is 287 Å². The van der Waals surface area contributed by atoms with Crippen LogP contribution in [0, 0.1) is 0 Å². The normalized spacial score (nSPS) is 11.7. The van der Waals surface area contributed by atoms with Crippen molar-refractivity contribution in [3.05, 3.63) is 176 Å². The maximum atomic E-state index is 6.43. The van der Waals surface area contributed by atoms with E-state index in [0.717, 1.165) is 39.0 Å². The Morgan fingerprint density at radius 3 is 1.98 bits per heavy atom. The summed E-state index contributed by atoms with van der Waals surface area (Å²) in [5.41, 5.74) is 10.0. The van der Waals surface area contributed by atoms with E-state index in [0.29, 0.717) is 0 Å². The van der Waals surface area contributed by atoms with Crippen LogP contribution in [0.25, 0.3) is 75.1 Å². The largest absolute Gasteiger partial charge is 0.456 e. The minimum Gasteiger partial charge on any atom is -0.456 e. The zero-order valence-electron chi connectivity index (χ0n) is 26.5. The molecule has 0 saturated carbocycles. The fourth-order valence-electron chi connectivity index (χ4n) is 7.38. The van der Waals surface area contributed by atoms with Gasteiger partial charge in [-0.25, -0.2) is 0 Å². The molecule has 10 rings (SSSR count). The molecule has 8 aromatic carbocycles. The molecule has 2 aromatic heterocycles. The van der Waals surface area contributed by atoms with Crippen LogP contribution in [0.15, 0.2) is 180 Å². The molecule has 0 saturated heterocycles. The van der Waals surface area contributed by atoms with E-state index in [2.05, 4.69) is 175 Å². The lowest BCUT2D eigenvalue weighted by molar-refractivity contribution is 0.669. The first-order chi connectivity index (χ1) is 24.3. The van der Waals surface area contributed by atoms with E-state index < -0.39 is 0 Å². The molecule has 3 heteroatoms. The van der Waals surface area contributed by atoms with Crippen molar-refractivity contribution in [2.75, 3.05) is 4.90 Å². The van der Waals surface area contributed by atoms with Crippen LogP contribution in [0.1, 0.15) is 0 Å². The molecule has 0 aliphatic rings. The maximum absolute atomic E-state index is 6.43. The van der Waals surface area contributed by atoms with E-state index in [1.165, 1.54) is 53.2 Å². The van der Waals surface area contributed by atoms with Crippen LogP contribution in [0.4, 0.5) is 17.1 Å². The van der Waals surface area contributed by atoms with Crippen LogP contribution in [0.3, 0.4) is 0 Å². The van der Waals surface area contributed by atoms with Gasteiger partial charge in [-0.1, -0.05) is 127 Å². The van der Waals surface area contributed by atoms with Crippen molar-refractivity contribution in [1.29, 1.82) is 0 Å². The molecule has 0 aliphatic heterocycles. The van der Waals surface area contributed by atoms with Crippen molar-refractivity contribution in [2.45, 2.75) is 0 Å². The Kier molecular flexibility index (Phi) is 6.39. The summed E-state index contributed by atoms with van der Waals surface area (Å²) in [6.07, 6.45) is 0. The van der Waals surface area contributed by atoms with E-state index in [4.69, 9.17) is 4.42 Å². The fourth-order valence-corrected chi connectivity index (χ4v) is 8.61. The molecule has 0 N–H and O–H groups in total. The summed E-state index contributed by atoms with van der Waals surface area (Å²) in [5, 5.41) is 7.19. The number of hydrogen-bond donors (Lipinski definition) is 0. The van der Waals surface area contributed by atoms with Crippen LogP contribution < -0.4 is 4.90 Å². The molecule has 49 heavy (non-hydrogen) atoms. The first kappa shape index (κ1) is 27.9. The third-order valence-electron chi connectivity index (χ3n) is 9.64. The Hall–Kier alpha value is -6.16. The second-order valence-corrected chi connectivity index (χ2v) is 13.5. The molecule has 0 aliphatic carbocycles. The molecule has 0 bridgehead atoms. The van der Waals surface area contributed by atoms with Gasteiger partial charge in [-0.15, -0.1) is 11.3 Å². The van der Waals surface area contributed by atoms with Gasteiger partial charge in [0.25, 0.3) is 0 Å². The van der Waals surface area contributed by atoms with Crippen molar-refractivity contribution in [3.63, 3.8) is 0 Å². The van der Waals surface area contributed by atoms with Gasteiger partial charge < -0.3 is 9.32 Å². The van der Waals surface area contributed by atoms with Gasteiger partial charge in [-0.05, 0) is 81.6 Å². The zero-order valence-corrected chi connectivity index (χ0v) is 27.3. The topological polar surface area (TPSA) is 16.4 Å². The lowest BCUT2D eigenvalue weighted by atomic mass is 9.97. The van der Waals surface area contributed by atoms with Crippen LogP contribution in [-0.2, 0) is 0 Å². The van der Waals surface area contributed by atoms with Crippen LogP contribution >= 0.6 is 11.3 Å². The van der Waals surface area contributed by atoms with Gasteiger partial charge in [0, 0.05) is 26.5 Å². The van der Waals surface area contributed by atoms with Crippen molar-refractivity contribution in [1.82, 2.24) is 0 Å². The summed E-state index contributed by atoms with van der Waals surface area (Å²) in [6.45, 7) is 0. The van der Waals surface area contributed by atoms with Crippen molar-refractivity contribution < 1.29 is 4.42 Å². The van der Waals surface area contributed by atoms with Crippen molar-refractivity contribution >= 4 is 81.3 Å². The van der Waals surface area contributed by atoms with Gasteiger partial charge in [-0.2, -0.15) is 0 Å². The number of thiophene rings is 1. The number of rotatable bonds is 5. The summed E-state index contributed by atoms with van der Waals surface area (Å²) < 4.78 is 8.96. The Morgan fingerprint density at radius 2 is 1.12 bits per heavy atom. The number of benzene rings is 8. The van der Waals surface area contributed by atoms with Gasteiger partial charge in [-0.3, -0.25) is 0 Å². The first-order valence-corrected chi connectivity index (χ1v) is 17.4. The van der Waals surface area contributed by atoms with E-state index >= 15 is 0 Å². The second kappa shape index (κ2) is 11.2. The first-order valence-electron chi connectivity index (χ1n) is 16.6. The lowest BCUT2D eigenvalue weighted by Gasteiger charge is -2.27. The summed E-state index contributed by atoms with van der Waals surface area (Å²) in [7, 11) is 0. The van der Waals surface area contributed by atoms with E-state index in [1.54, 1.807) is 0 Å². The highest BCUT2D eigenvalue weighted by atomic mass is 32.1. The maximum Gasteiger partial charge on any atom is 0.137 e. The third kappa shape index (κ3) is 4.55. The summed E-state index contributed by atoms with van der Waals surface area (Å²) >= 11 is 1.86. The van der Waals surface area contributed by atoms with Gasteiger partial charge in [0.05, 0.1) is 21.5 Å². The Balaban J connectivity index is 1.27. The highest BCUT2D eigenvalue weighted by Gasteiger charge is 2.24. The molecule has 0 fully saturated rings. The second-order valence-electron chi connectivity index (χ2n) is 12.5. The van der Waals surface area contributed by atoms with Crippen LogP contribution in [0.2, 0.25) is 0 Å². The minimum atomic E-state index is 0.880. The van der Waals surface area contributed by atoms with Gasteiger partial charge >= 0.3 is 0 Å². The summed E-state index contributed by atoms with van der Waals surface area (Å²) in [5.74, 6) is 0. The third-order valence-corrected chi connectivity index (χ3v) is 10.8. The SMILES string of the molecule is c1ccc(-c2ccc3cc(N(c4ccc(-c5ccccc5)c5c4sc4ccccc45)c4cccc5oc6ccccc6c45)ccc3c2)cc1. The molecule has 10 aromatic rings. The standard InChI is InChI=1S/C46H29NOS/c1-3-12-30(13-4-1)32-22-23-34-29-35(25-24-33(34)28-32)47(39-18-11-20-42-45(39)37-16-7-9-19-41(37)48-42)40-27-26-36(31-14-5-2-6-15-31)44-38-17-8-10-21-43(38)49-46(40)44/h1-29H. The summed E-state index contributed by atoms with van der Waals surface area (Å²) in [6, 6.07) is 63.2. The number of furan rings is 1. The Morgan fingerprint density at radius 1 is 0.429 bits per heavy atom. The summed E-state index contributed by atoms with van der Waals surface area (Å²) in [4.78, 5) is 2.45. The number of hydrogen-bond acceptors (Lipinski definition) is 3. The molecule has 2 nitrogen and oxygen atoms in total. The van der Waals surface area contributed by atoms with Crippen LogP contribution in [-0.4, -0.2) is 0 Å². The highest BCUT2D eigenvalue weighted by Crippen LogP contribution is 2.50. The van der Waals surface area contributed by atoms with Crippen LogP contribution in [0.5, 0.6) is 0 Å². The number of nitrogens with zero attached hydrogens (tertiary/aromatic N) is 1. The molecule has 0 unspecified atom stereocenters. The molecular formula is C46H29NOS. The monoisotopic (exact) mass is 643 g/mol. The fraction of sp³-hybridized carbons (Fsp3) is 0. The molecule has 230 valence electrons. The lowest BCUT2D eigenvalue weighted by Crippen LogP contribution is -2.10. The zero-order chi connectivity index (χ0) is 32.3. The molecule has 0 atom stereocenters. The molecule has 0 spiro atoms.